The zero-order chi connectivity index (χ0) is 15.0. The number of rotatable bonds is 6. The fraction of sp³-hybridized carbons (Fsp3) is 0.667. The van der Waals surface area contributed by atoms with Crippen LogP contribution in [0.2, 0.25) is 0 Å². The Morgan fingerprint density at radius 3 is 2.76 bits per heavy atom. The molecule has 0 spiro atoms. The van der Waals surface area contributed by atoms with Crippen molar-refractivity contribution in [1.29, 1.82) is 0 Å². The summed E-state index contributed by atoms with van der Waals surface area (Å²) in [6, 6.07) is 4.31. The molecule has 3 heteroatoms. The summed E-state index contributed by atoms with van der Waals surface area (Å²) in [5.74, 6) is 1.67. The van der Waals surface area contributed by atoms with Crippen molar-refractivity contribution in [2.24, 2.45) is 5.92 Å². The van der Waals surface area contributed by atoms with E-state index in [1.54, 1.807) is 7.11 Å². The first-order valence-electron chi connectivity index (χ1n) is 8.05. The van der Waals surface area contributed by atoms with Crippen LogP contribution < -0.4 is 0 Å². The molecule has 2 aliphatic rings. The lowest BCUT2D eigenvalue weighted by Gasteiger charge is -2.28. The third-order valence-corrected chi connectivity index (χ3v) is 5.22. The second kappa shape index (κ2) is 5.62. The molecule has 0 saturated heterocycles. The summed E-state index contributed by atoms with van der Waals surface area (Å²) in [6.07, 6.45) is 4.49. The van der Waals surface area contributed by atoms with E-state index in [4.69, 9.17) is 9.47 Å². The van der Waals surface area contributed by atoms with Gasteiger partial charge >= 0.3 is 0 Å². The number of phenols is 1. The van der Waals surface area contributed by atoms with E-state index >= 15 is 0 Å². The quantitative estimate of drug-likeness (QED) is 0.811. The van der Waals surface area contributed by atoms with Gasteiger partial charge in [0.1, 0.15) is 5.75 Å². The Morgan fingerprint density at radius 1 is 1.33 bits per heavy atom. The number of hydrogen-bond donors (Lipinski definition) is 1. The maximum absolute atomic E-state index is 10.8. The molecular weight excluding hydrogens is 264 g/mol. The van der Waals surface area contributed by atoms with Crippen molar-refractivity contribution < 1.29 is 14.6 Å². The fourth-order valence-electron chi connectivity index (χ4n) is 3.66. The van der Waals surface area contributed by atoms with Crippen molar-refractivity contribution in [2.45, 2.75) is 51.0 Å². The molecule has 116 valence electrons. The number of aromatic hydroxyl groups is 1. The molecule has 1 saturated carbocycles. The summed E-state index contributed by atoms with van der Waals surface area (Å²) in [5, 5.41) is 10.8. The highest BCUT2D eigenvalue weighted by molar-refractivity contribution is 5.52. The van der Waals surface area contributed by atoms with Gasteiger partial charge in [0, 0.05) is 12.7 Å². The van der Waals surface area contributed by atoms with Gasteiger partial charge in [0.2, 0.25) is 0 Å². The highest BCUT2D eigenvalue weighted by atomic mass is 16.5. The van der Waals surface area contributed by atoms with E-state index < -0.39 is 0 Å². The SMILES string of the molecule is COCCOC1(C)CCc2ccc(C(C)C3CC3)c(O)c21. The van der Waals surface area contributed by atoms with E-state index in [1.807, 2.05) is 0 Å². The number of phenolic OH excluding ortho intramolecular Hbond substituents is 1. The Labute approximate surface area is 127 Å². The third kappa shape index (κ3) is 2.69. The van der Waals surface area contributed by atoms with Crippen LogP contribution in [0, 0.1) is 5.92 Å². The van der Waals surface area contributed by atoms with Crippen LogP contribution in [0.3, 0.4) is 0 Å². The van der Waals surface area contributed by atoms with Gasteiger partial charge in [0.25, 0.3) is 0 Å². The molecule has 1 aromatic rings. The van der Waals surface area contributed by atoms with Crippen LogP contribution in [0.25, 0.3) is 0 Å². The monoisotopic (exact) mass is 290 g/mol. The van der Waals surface area contributed by atoms with Crippen molar-refractivity contribution >= 4 is 0 Å². The van der Waals surface area contributed by atoms with Crippen LogP contribution in [0.4, 0.5) is 0 Å². The molecule has 2 atom stereocenters. The van der Waals surface area contributed by atoms with Gasteiger partial charge in [0.15, 0.2) is 0 Å². The first kappa shape index (κ1) is 14.9. The molecule has 0 bridgehead atoms. The molecule has 21 heavy (non-hydrogen) atoms. The van der Waals surface area contributed by atoms with Gasteiger partial charge in [-0.3, -0.25) is 0 Å². The van der Waals surface area contributed by atoms with Crippen LogP contribution in [0.1, 0.15) is 55.7 Å². The Kier molecular flexibility index (Phi) is 3.98. The van der Waals surface area contributed by atoms with Crippen LogP contribution in [-0.2, 0) is 21.5 Å². The molecule has 1 fully saturated rings. The molecule has 1 N–H and O–H groups in total. The smallest absolute Gasteiger partial charge is 0.125 e. The average Bonchev–Trinajstić information content (AvgIpc) is 3.25. The molecule has 0 heterocycles. The Bertz CT molecular complexity index is 521. The van der Waals surface area contributed by atoms with Crippen LogP contribution in [0.5, 0.6) is 5.75 Å². The van der Waals surface area contributed by atoms with E-state index in [9.17, 15) is 5.11 Å². The molecule has 3 rings (SSSR count). The van der Waals surface area contributed by atoms with Gasteiger partial charge in [-0.15, -0.1) is 0 Å². The summed E-state index contributed by atoms with van der Waals surface area (Å²) in [7, 11) is 1.68. The highest BCUT2D eigenvalue weighted by Crippen LogP contribution is 2.50. The van der Waals surface area contributed by atoms with E-state index in [2.05, 4.69) is 26.0 Å². The predicted octanol–water partition coefficient (Wildman–Crippen LogP) is 3.73. The van der Waals surface area contributed by atoms with Crippen molar-refractivity contribution in [2.75, 3.05) is 20.3 Å². The Hall–Kier alpha value is -1.06. The van der Waals surface area contributed by atoms with Crippen LogP contribution in [-0.4, -0.2) is 25.4 Å². The number of benzene rings is 1. The maximum atomic E-state index is 10.8. The van der Waals surface area contributed by atoms with Gasteiger partial charge in [-0.05, 0) is 55.6 Å². The van der Waals surface area contributed by atoms with Crippen LogP contribution >= 0.6 is 0 Å². The molecule has 0 amide bonds. The van der Waals surface area contributed by atoms with Crippen LogP contribution in [0.15, 0.2) is 12.1 Å². The van der Waals surface area contributed by atoms with E-state index in [0.29, 0.717) is 24.9 Å². The topological polar surface area (TPSA) is 38.7 Å². The lowest BCUT2D eigenvalue weighted by Crippen LogP contribution is -2.25. The molecular formula is C18H26O3. The van der Waals surface area contributed by atoms with Crippen molar-refractivity contribution in [3.63, 3.8) is 0 Å². The molecule has 0 radical (unpaired) electrons. The second-order valence-corrected chi connectivity index (χ2v) is 6.74. The summed E-state index contributed by atoms with van der Waals surface area (Å²) in [6.45, 7) is 5.48. The largest absolute Gasteiger partial charge is 0.507 e. The number of fused-ring (bicyclic) bond motifs is 1. The van der Waals surface area contributed by atoms with Gasteiger partial charge in [-0.2, -0.15) is 0 Å². The van der Waals surface area contributed by atoms with Crippen molar-refractivity contribution in [1.82, 2.24) is 0 Å². The molecule has 0 aromatic heterocycles. The predicted molar refractivity (Wildman–Crippen MR) is 82.7 cm³/mol. The van der Waals surface area contributed by atoms with E-state index in [-0.39, 0.29) is 5.60 Å². The first-order chi connectivity index (χ1) is 10.1. The number of ether oxygens (including phenoxy) is 2. The maximum Gasteiger partial charge on any atom is 0.125 e. The van der Waals surface area contributed by atoms with Crippen molar-refractivity contribution in [3.05, 3.63) is 28.8 Å². The third-order valence-electron chi connectivity index (χ3n) is 5.22. The molecule has 2 aliphatic carbocycles. The summed E-state index contributed by atoms with van der Waals surface area (Å²) in [5.41, 5.74) is 2.97. The molecule has 2 unspecified atom stereocenters. The van der Waals surface area contributed by atoms with Crippen molar-refractivity contribution in [3.8, 4) is 5.75 Å². The van der Waals surface area contributed by atoms with Gasteiger partial charge < -0.3 is 14.6 Å². The molecule has 3 nitrogen and oxygen atoms in total. The van der Waals surface area contributed by atoms with Gasteiger partial charge in [-0.25, -0.2) is 0 Å². The number of hydrogen-bond acceptors (Lipinski definition) is 3. The normalized spacial score (nSPS) is 25.9. The fourth-order valence-corrected chi connectivity index (χ4v) is 3.66. The minimum Gasteiger partial charge on any atom is -0.507 e. The minimum atomic E-state index is -0.378. The van der Waals surface area contributed by atoms with E-state index in [1.165, 1.54) is 18.4 Å². The zero-order valence-corrected chi connectivity index (χ0v) is 13.3. The highest BCUT2D eigenvalue weighted by Gasteiger charge is 2.40. The molecule has 0 aliphatic heterocycles. The lowest BCUT2D eigenvalue weighted by atomic mass is 9.88. The Balaban J connectivity index is 1.90. The average molecular weight is 290 g/mol. The second-order valence-electron chi connectivity index (χ2n) is 6.74. The number of methoxy groups -OCH3 is 1. The first-order valence-corrected chi connectivity index (χ1v) is 8.05. The standard InChI is InChI=1S/C18H26O3/c1-12(13-4-5-13)15-7-6-14-8-9-18(2,16(14)17(15)19)21-11-10-20-3/h6-7,12-13,19H,4-5,8-11H2,1-3H3. The van der Waals surface area contributed by atoms with E-state index in [0.717, 1.165) is 29.9 Å². The summed E-state index contributed by atoms with van der Waals surface area (Å²) in [4.78, 5) is 0. The minimum absolute atomic E-state index is 0.378. The Morgan fingerprint density at radius 2 is 2.10 bits per heavy atom. The summed E-state index contributed by atoms with van der Waals surface area (Å²) < 4.78 is 11.1. The summed E-state index contributed by atoms with van der Waals surface area (Å²) >= 11 is 0. The zero-order valence-electron chi connectivity index (χ0n) is 13.3. The lowest BCUT2D eigenvalue weighted by molar-refractivity contribution is -0.0552. The molecule has 1 aromatic carbocycles. The van der Waals surface area contributed by atoms with Gasteiger partial charge in [-0.1, -0.05) is 19.1 Å². The number of aryl methyl sites for hydroxylation is 1. The van der Waals surface area contributed by atoms with Gasteiger partial charge in [0.05, 0.1) is 18.8 Å².